The maximum Gasteiger partial charge on any atom is 0.319 e. The zero-order valence-corrected chi connectivity index (χ0v) is 20.8. The van der Waals surface area contributed by atoms with Crippen molar-refractivity contribution in [3.8, 4) is 0 Å². The first-order valence-electron chi connectivity index (χ1n) is 12.5. The number of benzene rings is 2. The highest BCUT2D eigenvalue weighted by molar-refractivity contribution is 6.30. The lowest BCUT2D eigenvalue weighted by molar-refractivity contribution is -0.123. The van der Waals surface area contributed by atoms with Gasteiger partial charge in [0.05, 0.1) is 0 Å². The van der Waals surface area contributed by atoms with Gasteiger partial charge >= 0.3 is 6.03 Å². The number of halogens is 1. The zero-order valence-electron chi connectivity index (χ0n) is 20.0. The molecule has 0 aliphatic carbocycles. The topological polar surface area (TPSA) is 82.7 Å². The van der Waals surface area contributed by atoms with Crippen molar-refractivity contribution >= 4 is 29.2 Å². The van der Waals surface area contributed by atoms with Crippen molar-refractivity contribution in [1.82, 2.24) is 15.5 Å². The summed E-state index contributed by atoms with van der Waals surface area (Å²) in [7, 11) is 0. The molecular formula is C27H35ClN4O3. The lowest BCUT2D eigenvalue weighted by Crippen LogP contribution is -2.51. The quantitative estimate of drug-likeness (QED) is 0.512. The fourth-order valence-corrected chi connectivity index (χ4v) is 4.98. The van der Waals surface area contributed by atoms with E-state index in [2.05, 4.69) is 20.9 Å². The SMILES string of the molecule is O=C(Nc1ccc(Cl)cc1)NC(Cc1ccccc1)C(=O)NCC1CCN(C2CCOCC2)CC1. The van der Waals surface area contributed by atoms with Crippen molar-refractivity contribution in [2.75, 3.05) is 38.2 Å². The van der Waals surface area contributed by atoms with Crippen LogP contribution in [0.4, 0.5) is 10.5 Å². The first kappa shape index (κ1) is 25.5. The third-order valence-electron chi connectivity index (χ3n) is 6.93. The monoisotopic (exact) mass is 498 g/mol. The van der Waals surface area contributed by atoms with Gasteiger partial charge < -0.3 is 25.6 Å². The molecular weight excluding hydrogens is 464 g/mol. The molecule has 0 bridgehead atoms. The third kappa shape index (κ3) is 7.95. The van der Waals surface area contributed by atoms with E-state index in [4.69, 9.17) is 16.3 Å². The molecule has 4 rings (SSSR count). The average Bonchev–Trinajstić information content (AvgIpc) is 2.89. The summed E-state index contributed by atoms with van der Waals surface area (Å²) in [6, 6.07) is 16.1. The predicted octanol–water partition coefficient (Wildman–Crippen LogP) is 4.08. The molecule has 188 valence electrons. The van der Waals surface area contributed by atoms with E-state index in [1.54, 1.807) is 24.3 Å². The van der Waals surface area contributed by atoms with Gasteiger partial charge in [0.1, 0.15) is 6.04 Å². The Kier molecular flexibility index (Phi) is 9.40. The number of hydrogen-bond donors (Lipinski definition) is 3. The number of rotatable bonds is 8. The summed E-state index contributed by atoms with van der Waals surface area (Å²) in [5.41, 5.74) is 1.60. The fourth-order valence-electron chi connectivity index (χ4n) is 4.86. The summed E-state index contributed by atoms with van der Waals surface area (Å²) >= 11 is 5.92. The summed E-state index contributed by atoms with van der Waals surface area (Å²) in [6.07, 6.45) is 4.80. The molecule has 2 aromatic rings. The number of piperidine rings is 1. The van der Waals surface area contributed by atoms with E-state index in [0.717, 1.165) is 57.6 Å². The second-order valence-corrected chi connectivity index (χ2v) is 9.85. The number of ether oxygens (including phenoxy) is 1. The molecule has 2 aliphatic rings. The smallest absolute Gasteiger partial charge is 0.319 e. The van der Waals surface area contributed by atoms with Crippen LogP contribution in [0.15, 0.2) is 54.6 Å². The fraction of sp³-hybridized carbons (Fsp3) is 0.481. The van der Waals surface area contributed by atoms with Crippen LogP contribution in [-0.4, -0.2) is 61.8 Å². The molecule has 2 fully saturated rings. The van der Waals surface area contributed by atoms with Crippen LogP contribution in [0.5, 0.6) is 0 Å². The standard InChI is InChI=1S/C27H35ClN4O3/c28-22-6-8-23(9-7-22)30-27(34)31-25(18-20-4-2-1-3-5-20)26(33)29-19-21-10-14-32(15-11-21)24-12-16-35-17-13-24/h1-9,21,24-25H,10-19H2,(H,29,33)(H2,30,31,34). The second-order valence-electron chi connectivity index (χ2n) is 9.42. The highest BCUT2D eigenvalue weighted by Crippen LogP contribution is 2.23. The molecule has 2 heterocycles. The zero-order chi connectivity index (χ0) is 24.5. The molecule has 1 unspecified atom stereocenters. The number of carbonyl (C=O) groups is 2. The van der Waals surface area contributed by atoms with Crippen molar-refractivity contribution in [2.45, 2.75) is 44.2 Å². The second kappa shape index (κ2) is 12.9. The molecule has 8 heteroatoms. The molecule has 0 aromatic heterocycles. The van der Waals surface area contributed by atoms with Crippen molar-refractivity contribution in [3.05, 3.63) is 65.2 Å². The van der Waals surface area contributed by atoms with Gasteiger partial charge in [0.2, 0.25) is 5.91 Å². The van der Waals surface area contributed by atoms with Crippen molar-refractivity contribution in [3.63, 3.8) is 0 Å². The first-order valence-corrected chi connectivity index (χ1v) is 12.9. The molecule has 0 radical (unpaired) electrons. The highest BCUT2D eigenvalue weighted by Gasteiger charge is 2.28. The Morgan fingerprint density at radius 2 is 1.66 bits per heavy atom. The lowest BCUT2D eigenvalue weighted by Gasteiger charge is -2.39. The first-order chi connectivity index (χ1) is 17.1. The number of amides is 3. The van der Waals surface area contributed by atoms with E-state index in [1.807, 2.05) is 30.3 Å². The van der Waals surface area contributed by atoms with Crippen LogP contribution in [-0.2, 0) is 16.0 Å². The molecule has 2 aliphatic heterocycles. The number of nitrogens with one attached hydrogen (secondary N) is 3. The van der Waals surface area contributed by atoms with E-state index in [1.165, 1.54) is 0 Å². The van der Waals surface area contributed by atoms with Gasteiger partial charge in [0, 0.05) is 42.9 Å². The van der Waals surface area contributed by atoms with Gasteiger partial charge in [-0.25, -0.2) is 4.79 Å². The number of anilines is 1. The summed E-state index contributed by atoms with van der Waals surface area (Å²) in [6.45, 7) is 4.50. The predicted molar refractivity (Wildman–Crippen MR) is 139 cm³/mol. The Morgan fingerprint density at radius 3 is 2.34 bits per heavy atom. The van der Waals surface area contributed by atoms with Gasteiger partial charge in [-0.1, -0.05) is 41.9 Å². The minimum absolute atomic E-state index is 0.160. The van der Waals surface area contributed by atoms with Crippen LogP contribution in [0.1, 0.15) is 31.2 Å². The normalized spacial score (nSPS) is 18.5. The molecule has 2 saturated heterocycles. The number of hydrogen-bond acceptors (Lipinski definition) is 4. The van der Waals surface area contributed by atoms with Gasteiger partial charge in [-0.2, -0.15) is 0 Å². The lowest BCUT2D eigenvalue weighted by atomic mass is 9.94. The molecule has 0 saturated carbocycles. The van der Waals surface area contributed by atoms with Crippen molar-refractivity contribution < 1.29 is 14.3 Å². The molecule has 35 heavy (non-hydrogen) atoms. The van der Waals surface area contributed by atoms with Crippen LogP contribution in [0.3, 0.4) is 0 Å². The van der Waals surface area contributed by atoms with Gasteiger partial charge in [-0.05, 0) is 74.5 Å². The summed E-state index contributed by atoms with van der Waals surface area (Å²) < 4.78 is 5.49. The van der Waals surface area contributed by atoms with Gasteiger partial charge in [-0.15, -0.1) is 0 Å². The molecule has 7 nitrogen and oxygen atoms in total. The Bertz CT molecular complexity index is 943. The van der Waals surface area contributed by atoms with E-state index in [-0.39, 0.29) is 5.91 Å². The largest absolute Gasteiger partial charge is 0.381 e. The van der Waals surface area contributed by atoms with Crippen LogP contribution < -0.4 is 16.0 Å². The van der Waals surface area contributed by atoms with Crippen LogP contribution in [0.2, 0.25) is 5.02 Å². The van der Waals surface area contributed by atoms with Crippen molar-refractivity contribution in [1.29, 1.82) is 0 Å². The van der Waals surface area contributed by atoms with E-state index >= 15 is 0 Å². The number of nitrogens with zero attached hydrogens (tertiary/aromatic N) is 1. The maximum atomic E-state index is 13.1. The number of likely N-dealkylation sites (tertiary alicyclic amines) is 1. The Balaban J connectivity index is 1.29. The average molecular weight is 499 g/mol. The Hall–Kier alpha value is -2.61. The van der Waals surface area contributed by atoms with Crippen molar-refractivity contribution in [2.24, 2.45) is 5.92 Å². The molecule has 3 N–H and O–H groups in total. The van der Waals surface area contributed by atoms with E-state index < -0.39 is 12.1 Å². The molecule has 3 amide bonds. The third-order valence-corrected chi connectivity index (χ3v) is 7.18. The summed E-state index contributed by atoms with van der Waals surface area (Å²) in [5.74, 6) is 0.294. The maximum absolute atomic E-state index is 13.1. The minimum atomic E-state index is -0.674. The number of urea groups is 1. The summed E-state index contributed by atoms with van der Waals surface area (Å²) in [5, 5.41) is 9.33. The van der Waals surface area contributed by atoms with Gasteiger partial charge in [0.15, 0.2) is 0 Å². The van der Waals surface area contributed by atoms with E-state index in [0.29, 0.717) is 35.6 Å². The van der Waals surface area contributed by atoms with Crippen LogP contribution >= 0.6 is 11.6 Å². The van der Waals surface area contributed by atoms with E-state index in [9.17, 15) is 9.59 Å². The van der Waals surface area contributed by atoms with Crippen LogP contribution in [0.25, 0.3) is 0 Å². The highest BCUT2D eigenvalue weighted by atomic mass is 35.5. The Morgan fingerprint density at radius 1 is 0.971 bits per heavy atom. The van der Waals surface area contributed by atoms with Crippen LogP contribution in [0, 0.1) is 5.92 Å². The molecule has 2 aromatic carbocycles. The summed E-state index contributed by atoms with van der Waals surface area (Å²) in [4.78, 5) is 28.4. The van der Waals surface area contributed by atoms with Gasteiger partial charge in [-0.3, -0.25) is 4.79 Å². The molecule has 1 atom stereocenters. The minimum Gasteiger partial charge on any atom is -0.381 e. The number of carbonyl (C=O) groups excluding carboxylic acids is 2. The Labute approximate surface area is 212 Å². The van der Waals surface area contributed by atoms with Gasteiger partial charge in [0.25, 0.3) is 0 Å². The molecule has 0 spiro atoms.